The van der Waals surface area contributed by atoms with E-state index in [1.807, 2.05) is 0 Å². The van der Waals surface area contributed by atoms with Crippen LogP contribution in [0.1, 0.15) is 5.56 Å². The second-order valence-electron chi connectivity index (χ2n) is 3.60. The zero-order chi connectivity index (χ0) is 13.3. The largest absolute Gasteiger partial charge is 0.392 e. The minimum atomic E-state index is -0.453. The van der Waals surface area contributed by atoms with Crippen LogP contribution >= 0.6 is 27.5 Å². The van der Waals surface area contributed by atoms with E-state index in [0.717, 1.165) is 0 Å². The molecule has 2 aromatic rings. The Morgan fingerprint density at radius 3 is 2.94 bits per heavy atom. The lowest BCUT2D eigenvalue weighted by molar-refractivity contribution is 0.614. The maximum Gasteiger partial charge on any atom is 0.278 e. The van der Waals surface area contributed by atoms with E-state index in [0.29, 0.717) is 10.0 Å². The Balaban J connectivity index is 2.44. The number of hydrogen-bond acceptors (Lipinski definition) is 3. The van der Waals surface area contributed by atoms with Crippen molar-refractivity contribution in [3.63, 3.8) is 0 Å². The average molecular weight is 333 g/mol. The molecule has 94 valence electrons. The van der Waals surface area contributed by atoms with Gasteiger partial charge in [-0.1, -0.05) is 23.7 Å². The van der Waals surface area contributed by atoms with Crippen molar-refractivity contribution in [3.05, 3.63) is 55.9 Å². The zero-order valence-electron chi connectivity index (χ0n) is 9.03. The molecule has 0 amide bonds. The Morgan fingerprint density at radius 1 is 1.50 bits per heavy atom. The van der Waals surface area contributed by atoms with E-state index >= 15 is 0 Å². The second-order valence-corrected chi connectivity index (χ2v) is 4.75. The van der Waals surface area contributed by atoms with E-state index in [-0.39, 0.29) is 17.4 Å². The zero-order valence-corrected chi connectivity index (χ0v) is 11.4. The molecule has 0 spiro atoms. The van der Waals surface area contributed by atoms with Gasteiger partial charge >= 0.3 is 0 Å². The Bertz CT molecular complexity index is 659. The first-order valence-corrected chi connectivity index (χ1v) is 6.11. The van der Waals surface area contributed by atoms with E-state index in [1.165, 1.54) is 17.0 Å². The minimum absolute atomic E-state index is 0.0328. The van der Waals surface area contributed by atoms with Crippen LogP contribution in [-0.2, 0) is 6.54 Å². The summed E-state index contributed by atoms with van der Waals surface area (Å²) >= 11 is 8.75. The van der Waals surface area contributed by atoms with Crippen LogP contribution in [0, 0.1) is 5.82 Å². The Hall–Kier alpha value is -1.40. The fourth-order valence-corrected chi connectivity index (χ4v) is 1.97. The summed E-state index contributed by atoms with van der Waals surface area (Å²) < 4.78 is 14.9. The number of hydrogen-bond donors (Lipinski definition) is 1. The predicted molar refractivity (Wildman–Crippen MR) is 71.1 cm³/mol. The first-order valence-electron chi connectivity index (χ1n) is 4.94. The van der Waals surface area contributed by atoms with Gasteiger partial charge in [0, 0.05) is 0 Å². The summed E-state index contributed by atoms with van der Waals surface area (Å²) in [5, 5.41) is -0.0328. The molecule has 0 radical (unpaired) electrons. The first kappa shape index (κ1) is 13.0. The summed E-state index contributed by atoms with van der Waals surface area (Å²) in [4.78, 5) is 15.6. The molecule has 2 rings (SSSR count). The third kappa shape index (κ3) is 2.39. The molecule has 0 aliphatic rings. The van der Waals surface area contributed by atoms with Crippen molar-refractivity contribution in [3.8, 4) is 0 Å². The standard InChI is InChI=1S/C11H8BrClFN3O/c12-8-6(2-1-3-7(8)14)4-17-5-16-10(13)9(15)11(17)18/h1-3,5H,4,15H2. The molecule has 1 aromatic heterocycles. The van der Waals surface area contributed by atoms with Gasteiger partial charge in [0.25, 0.3) is 5.56 Å². The lowest BCUT2D eigenvalue weighted by Crippen LogP contribution is -2.24. The van der Waals surface area contributed by atoms with Crippen LogP contribution in [0.15, 0.2) is 33.8 Å². The van der Waals surface area contributed by atoms with Gasteiger partial charge in [0.2, 0.25) is 0 Å². The molecular weight excluding hydrogens is 324 g/mol. The summed E-state index contributed by atoms with van der Waals surface area (Å²) in [5.41, 5.74) is 5.53. The molecular formula is C11H8BrClFN3O. The van der Waals surface area contributed by atoms with Gasteiger partial charge in [-0.2, -0.15) is 0 Å². The van der Waals surface area contributed by atoms with Crippen molar-refractivity contribution in [2.45, 2.75) is 6.54 Å². The molecule has 0 saturated heterocycles. The molecule has 18 heavy (non-hydrogen) atoms. The molecule has 4 nitrogen and oxygen atoms in total. The van der Waals surface area contributed by atoms with Crippen molar-refractivity contribution in [2.24, 2.45) is 0 Å². The van der Waals surface area contributed by atoms with Gasteiger partial charge in [-0.05, 0) is 27.6 Å². The molecule has 0 aliphatic carbocycles. The predicted octanol–water partition coefficient (Wildman–Crippen LogP) is 2.43. The van der Waals surface area contributed by atoms with E-state index in [9.17, 15) is 9.18 Å². The molecule has 7 heteroatoms. The fourth-order valence-electron chi connectivity index (χ4n) is 1.45. The van der Waals surface area contributed by atoms with E-state index < -0.39 is 11.4 Å². The van der Waals surface area contributed by atoms with Gasteiger partial charge in [0.1, 0.15) is 11.5 Å². The first-order chi connectivity index (χ1) is 8.50. The van der Waals surface area contributed by atoms with E-state index in [2.05, 4.69) is 20.9 Å². The summed E-state index contributed by atoms with van der Waals surface area (Å²) in [5.74, 6) is -0.393. The third-order valence-electron chi connectivity index (χ3n) is 2.40. The third-order valence-corrected chi connectivity index (χ3v) is 3.59. The van der Waals surface area contributed by atoms with Crippen LogP contribution < -0.4 is 11.3 Å². The highest BCUT2D eigenvalue weighted by molar-refractivity contribution is 9.10. The maximum atomic E-state index is 13.3. The average Bonchev–Trinajstić information content (AvgIpc) is 2.35. The van der Waals surface area contributed by atoms with Crippen molar-refractivity contribution < 1.29 is 4.39 Å². The van der Waals surface area contributed by atoms with Gasteiger partial charge in [-0.25, -0.2) is 9.37 Å². The molecule has 0 saturated carbocycles. The molecule has 2 N–H and O–H groups in total. The van der Waals surface area contributed by atoms with Crippen LogP contribution in [0.4, 0.5) is 10.1 Å². The summed E-state index contributed by atoms with van der Waals surface area (Å²) in [7, 11) is 0. The van der Waals surface area contributed by atoms with Gasteiger partial charge in [0.15, 0.2) is 5.15 Å². The molecule has 0 unspecified atom stereocenters. The van der Waals surface area contributed by atoms with E-state index in [4.69, 9.17) is 17.3 Å². The highest BCUT2D eigenvalue weighted by Gasteiger charge is 2.10. The number of nitrogens with zero attached hydrogens (tertiary/aromatic N) is 2. The molecule has 1 heterocycles. The number of aromatic nitrogens is 2. The second kappa shape index (κ2) is 5.07. The van der Waals surface area contributed by atoms with Gasteiger partial charge in [-0.3, -0.25) is 9.36 Å². The lowest BCUT2D eigenvalue weighted by atomic mass is 10.2. The fraction of sp³-hybridized carbons (Fsp3) is 0.0909. The number of rotatable bonds is 2. The minimum Gasteiger partial charge on any atom is -0.392 e. The normalized spacial score (nSPS) is 10.6. The van der Waals surface area contributed by atoms with Crippen molar-refractivity contribution in [1.29, 1.82) is 0 Å². The van der Waals surface area contributed by atoms with Crippen molar-refractivity contribution >= 4 is 33.2 Å². The van der Waals surface area contributed by atoms with Crippen LogP contribution in [0.3, 0.4) is 0 Å². The number of halogens is 3. The summed E-state index contributed by atoms with van der Waals surface area (Å²) in [6, 6.07) is 4.59. The van der Waals surface area contributed by atoms with Crippen LogP contribution in [0.25, 0.3) is 0 Å². The highest BCUT2D eigenvalue weighted by atomic mass is 79.9. The molecule has 0 fully saturated rings. The Kier molecular flexibility index (Phi) is 3.68. The smallest absolute Gasteiger partial charge is 0.278 e. The van der Waals surface area contributed by atoms with Crippen LogP contribution in [0.5, 0.6) is 0 Å². The SMILES string of the molecule is Nc1c(Cl)ncn(Cc2cccc(F)c2Br)c1=O. The van der Waals surface area contributed by atoms with E-state index in [1.54, 1.807) is 12.1 Å². The van der Waals surface area contributed by atoms with Crippen LogP contribution in [0.2, 0.25) is 5.15 Å². The lowest BCUT2D eigenvalue weighted by Gasteiger charge is -2.08. The summed E-state index contributed by atoms with van der Waals surface area (Å²) in [6.45, 7) is 0.158. The number of anilines is 1. The highest BCUT2D eigenvalue weighted by Crippen LogP contribution is 2.21. The molecule has 0 bridgehead atoms. The van der Waals surface area contributed by atoms with Gasteiger partial charge in [0.05, 0.1) is 17.3 Å². The monoisotopic (exact) mass is 331 g/mol. The number of benzene rings is 1. The number of nitrogen functional groups attached to an aromatic ring is 1. The number of nitrogens with two attached hydrogens (primary N) is 1. The molecule has 1 aromatic carbocycles. The summed E-state index contributed by atoms with van der Waals surface area (Å²) in [6.07, 6.45) is 1.28. The van der Waals surface area contributed by atoms with Crippen molar-refractivity contribution in [1.82, 2.24) is 9.55 Å². The Morgan fingerprint density at radius 2 is 2.22 bits per heavy atom. The van der Waals surface area contributed by atoms with Crippen molar-refractivity contribution in [2.75, 3.05) is 5.73 Å². The molecule has 0 aliphatic heterocycles. The van der Waals surface area contributed by atoms with Gasteiger partial charge in [-0.15, -0.1) is 0 Å². The molecule has 0 atom stereocenters. The Labute approximate surface area is 115 Å². The maximum absolute atomic E-state index is 13.3. The topological polar surface area (TPSA) is 60.9 Å². The quantitative estimate of drug-likeness (QED) is 0.859. The van der Waals surface area contributed by atoms with Crippen LogP contribution in [-0.4, -0.2) is 9.55 Å². The van der Waals surface area contributed by atoms with Gasteiger partial charge < -0.3 is 5.73 Å².